The van der Waals surface area contributed by atoms with Crippen molar-refractivity contribution in [3.63, 3.8) is 0 Å². The number of ether oxygens (including phenoxy) is 1. The number of morpholine rings is 1. The van der Waals surface area contributed by atoms with E-state index in [4.69, 9.17) is 4.74 Å². The summed E-state index contributed by atoms with van der Waals surface area (Å²) in [4.78, 5) is 16.8. The molecule has 2 heterocycles. The Bertz CT molecular complexity index is 303. The van der Waals surface area contributed by atoms with Crippen molar-refractivity contribution in [1.29, 1.82) is 0 Å². The minimum Gasteiger partial charge on any atom is -0.379 e. The normalized spacial score (nSPS) is 29.5. The number of hydrogen-bond acceptors (Lipinski definition) is 4. The monoisotopic (exact) mass is 269 g/mol. The first-order valence-electron chi connectivity index (χ1n) is 7.50. The van der Waals surface area contributed by atoms with Crippen LogP contribution in [0.1, 0.15) is 27.2 Å². The average Bonchev–Trinajstić information content (AvgIpc) is 2.74. The quantitative estimate of drug-likeness (QED) is 0.790. The Hall–Kier alpha value is -0.650. The van der Waals surface area contributed by atoms with E-state index in [9.17, 15) is 4.79 Å². The molecule has 2 fully saturated rings. The van der Waals surface area contributed by atoms with E-state index in [1.165, 1.54) is 0 Å². The fraction of sp³-hybridized carbons (Fsp3) is 0.929. The van der Waals surface area contributed by atoms with Crippen molar-refractivity contribution < 1.29 is 9.53 Å². The maximum atomic E-state index is 12.3. The van der Waals surface area contributed by atoms with E-state index in [1.54, 1.807) is 0 Å². The lowest BCUT2D eigenvalue weighted by Crippen LogP contribution is -2.47. The van der Waals surface area contributed by atoms with Gasteiger partial charge in [-0.1, -0.05) is 20.8 Å². The highest BCUT2D eigenvalue weighted by atomic mass is 16.5. The molecule has 5 heteroatoms. The van der Waals surface area contributed by atoms with Gasteiger partial charge in [0.2, 0.25) is 5.91 Å². The average molecular weight is 269 g/mol. The summed E-state index contributed by atoms with van der Waals surface area (Å²) >= 11 is 0. The topological polar surface area (TPSA) is 44.8 Å². The maximum Gasteiger partial charge on any atom is 0.241 e. The molecular formula is C14H27N3O2. The third kappa shape index (κ3) is 3.46. The van der Waals surface area contributed by atoms with Gasteiger partial charge in [0, 0.05) is 26.2 Å². The standard InChI is InChI=1S/C14H27N3O2/c1-4-12-14(18)17(13(15-12)11(2)3)6-5-16-7-9-19-10-8-16/h11-13,15H,4-10H2,1-3H3. The lowest BCUT2D eigenvalue weighted by Gasteiger charge is -2.31. The van der Waals surface area contributed by atoms with Gasteiger partial charge in [-0.15, -0.1) is 0 Å². The largest absolute Gasteiger partial charge is 0.379 e. The van der Waals surface area contributed by atoms with Crippen LogP contribution in [0.3, 0.4) is 0 Å². The van der Waals surface area contributed by atoms with Gasteiger partial charge in [-0.25, -0.2) is 0 Å². The lowest BCUT2D eigenvalue weighted by atomic mass is 10.1. The second-order valence-corrected chi connectivity index (χ2v) is 5.80. The van der Waals surface area contributed by atoms with Gasteiger partial charge < -0.3 is 9.64 Å². The molecule has 0 aromatic carbocycles. The van der Waals surface area contributed by atoms with Gasteiger partial charge in [-0.3, -0.25) is 15.0 Å². The molecule has 19 heavy (non-hydrogen) atoms. The van der Waals surface area contributed by atoms with Gasteiger partial charge in [0.05, 0.1) is 25.4 Å². The first-order valence-corrected chi connectivity index (χ1v) is 7.50. The van der Waals surface area contributed by atoms with Crippen LogP contribution in [-0.2, 0) is 9.53 Å². The molecular weight excluding hydrogens is 242 g/mol. The highest BCUT2D eigenvalue weighted by Crippen LogP contribution is 2.19. The zero-order valence-corrected chi connectivity index (χ0v) is 12.4. The Kier molecular flexibility index (Phi) is 5.19. The minimum absolute atomic E-state index is 0.0112. The Morgan fingerprint density at radius 1 is 1.32 bits per heavy atom. The van der Waals surface area contributed by atoms with Crippen LogP contribution in [0.25, 0.3) is 0 Å². The van der Waals surface area contributed by atoms with Crippen LogP contribution in [0, 0.1) is 5.92 Å². The molecule has 0 bridgehead atoms. The minimum atomic E-state index is 0.0112. The molecule has 0 radical (unpaired) electrons. The molecule has 0 spiro atoms. The molecule has 0 aliphatic carbocycles. The van der Waals surface area contributed by atoms with E-state index in [-0.39, 0.29) is 18.1 Å². The Morgan fingerprint density at radius 3 is 2.58 bits per heavy atom. The van der Waals surface area contributed by atoms with Crippen molar-refractivity contribution in [2.75, 3.05) is 39.4 Å². The second kappa shape index (κ2) is 6.68. The molecule has 2 saturated heterocycles. The van der Waals surface area contributed by atoms with Gasteiger partial charge in [0.25, 0.3) is 0 Å². The van der Waals surface area contributed by atoms with E-state index < -0.39 is 0 Å². The second-order valence-electron chi connectivity index (χ2n) is 5.80. The molecule has 110 valence electrons. The summed E-state index contributed by atoms with van der Waals surface area (Å²) in [6, 6.07) is 0.0112. The van der Waals surface area contributed by atoms with Gasteiger partial charge in [0.1, 0.15) is 0 Å². The maximum absolute atomic E-state index is 12.3. The van der Waals surface area contributed by atoms with Crippen LogP contribution in [0.5, 0.6) is 0 Å². The molecule has 0 saturated carbocycles. The number of carbonyl (C=O) groups excluding carboxylic acids is 1. The Morgan fingerprint density at radius 2 is 2.00 bits per heavy atom. The SMILES string of the molecule is CCC1NC(C(C)C)N(CCN2CCOCC2)C1=O. The van der Waals surface area contributed by atoms with E-state index in [0.717, 1.165) is 45.8 Å². The number of nitrogens with one attached hydrogen (secondary N) is 1. The summed E-state index contributed by atoms with van der Waals surface area (Å²) in [6.07, 6.45) is 1.06. The molecule has 2 rings (SSSR count). The van der Waals surface area contributed by atoms with Crippen molar-refractivity contribution in [3.05, 3.63) is 0 Å². The fourth-order valence-corrected chi connectivity index (χ4v) is 2.87. The molecule has 2 unspecified atom stereocenters. The van der Waals surface area contributed by atoms with E-state index >= 15 is 0 Å². The van der Waals surface area contributed by atoms with Gasteiger partial charge in [0.15, 0.2) is 0 Å². The van der Waals surface area contributed by atoms with Crippen molar-refractivity contribution in [3.8, 4) is 0 Å². The van der Waals surface area contributed by atoms with Crippen LogP contribution in [0.2, 0.25) is 0 Å². The first kappa shape index (κ1) is 14.8. The predicted octanol–water partition coefficient (Wildman–Crippen LogP) is 0.511. The molecule has 5 nitrogen and oxygen atoms in total. The zero-order valence-electron chi connectivity index (χ0n) is 12.4. The molecule has 0 aromatic rings. The Balaban J connectivity index is 1.90. The number of rotatable bonds is 5. The van der Waals surface area contributed by atoms with E-state index in [1.807, 2.05) is 4.90 Å². The summed E-state index contributed by atoms with van der Waals surface area (Å²) in [5, 5.41) is 3.46. The summed E-state index contributed by atoms with van der Waals surface area (Å²) in [6.45, 7) is 11.8. The van der Waals surface area contributed by atoms with Crippen LogP contribution in [-0.4, -0.2) is 67.3 Å². The van der Waals surface area contributed by atoms with Crippen molar-refractivity contribution in [1.82, 2.24) is 15.1 Å². The van der Waals surface area contributed by atoms with E-state index in [0.29, 0.717) is 5.92 Å². The number of hydrogen-bond donors (Lipinski definition) is 1. The van der Waals surface area contributed by atoms with Crippen LogP contribution < -0.4 is 5.32 Å². The van der Waals surface area contributed by atoms with Gasteiger partial charge in [-0.2, -0.15) is 0 Å². The third-order valence-electron chi connectivity index (χ3n) is 4.09. The van der Waals surface area contributed by atoms with Crippen LogP contribution in [0.4, 0.5) is 0 Å². The number of nitrogens with zero attached hydrogens (tertiary/aromatic N) is 2. The zero-order chi connectivity index (χ0) is 13.8. The fourth-order valence-electron chi connectivity index (χ4n) is 2.87. The molecule has 0 aromatic heterocycles. The molecule has 1 amide bonds. The van der Waals surface area contributed by atoms with E-state index in [2.05, 4.69) is 31.0 Å². The van der Waals surface area contributed by atoms with Crippen LogP contribution in [0.15, 0.2) is 0 Å². The Labute approximate surface area is 116 Å². The van der Waals surface area contributed by atoms with Crippen molar-refractivity contribution in [2.24, 2.45) is 5.92 Å². The summed E-state index contributed by atoms with van der Waals surface area (Å²) in [5.74, 6) is 0.722. The highest BCUT2D eigenvalue weighted by Gasteiger charge is 2.38. The lowest BCUT2D eigenvalue weighted by molar-refractivity contribution is -0.130. The smallest absolute Gasteiger partial charge is 0.241 e. The molecule has 2 atom stereocenters. The van der Waals surface area contributed by atoms with Gasteiger partial charge >= 0.3 is 0 Å². The summed E-state index contributed by atoms with van der Waals surface area (Å²) < 4.78 is 5.35. The molecule has 2 aliphatic rings. The van der Waals surface area contributed by atoms with Crippen molar-refractivity contribution in [2.45, 2.75) is 39.4 Å². The number of amides is 1. The highest BCUT2D eigenvalue weighted by molar-refractivity contribution is 5.84. The molecule has 2 aliphatic heterocycles. The molecule has 1 N–H and O–H groups in total. The number of carbonyl (C=O) groups is 1. The van der Waals surface area contributed by atoms with Crippen LogP contribution >= 0.6 is 0 Å². The predicted molar refractivity (Wildman–Crippen MR) is 74.8 cm³/mol. The first-order chi connectivity index (χ1) is 9.13. The van der Waals surface area contributed by atoms with Crippen molar-refractivity contribution >= 4 is 5.91 Å². The third-order valence-corrected chi connectivity index (χ3v) is 4.09. The van der Waals surface area contributed by atoms with Gasteiger partial charge in [-0.05, 0) is 12.3 Å². The summed E-state index contributed by atoms with van der Waals surface area (Å²) in [5.41, 5.74) is 0. The summed E-state index contributed by atoms with van der Waals surface area (Å²) in [7, 11) is 0.